The third-order valence-electron chi connectivity index (χ3n) is 3.17. The largest absolute Gasteiger partial charge is 0.507 e. The van der Waals surface area contributed by atoms with Gasteiger partial charge in [-0.2, -0.15) is 0 Å². The molecule has 0 unspecified atom stereocenters. The molecule has 1 atom stereocenters. The highest BCUT2D eigenvalue weighted by molar-refractivity contribution is 5.84. The lowest BCUT2D eigenvalue weighted by Gasteiger charge is -2.09. The summed E-state index contributed by atoms with van der Waals surface area (Å²) in [6.07, 6.45) is 1.90. The summed E-state index contributed by atoms with van der Waals surface area (Å²) in [4.78, 5) is 14.4. The van der Waals surface area contributed by atoms with Crippen LogP contribution in [0.4, 0.5) is 5.69 Å². The summed E-state index contributed by atoms with van der Waals surface area (Å²) in [5.74, 6) is -0.0919. The van der Waals surface area contributed by atoms with Gasteiger partial charge >= 0.3 is 0 Å². The summed E-state index contributed by atoms with van der Waals surface area (Å²) in [5.41, 5.74) is 1.16. The number of hydrogen-bond acceptors (Lipinski definition) is 5. The van der Waals surface area contributed by atoms with Crippen molar-refractivity contribution in [3.05, 3.63) is 69.8 Å². The monoisotopic (exact) mass is 300 g/mol. The zero-order valence-electron chi connectivity index (χ0n) is 11.8. The predicted octanol–water partition coefficient (Wildman–Crippen LogP) is 2.32. The fourth-order valence-electron chi connectivity index (χ4n) is 2.00. The van der Waals surface area contributed by atoms with Crippen LogP contribution in [0, 0.1) is 10.1 Å². The van der Waals surface area contributed by atoms with E-state index < -0.39 is 4.92 Å². The Kier molecular flexibility index (Phi) is 5.21. The van der Waals surface area contributed by atoms with Crippen LogP contribution in [0.3, 0.4) is 0 Å². The molecule has 0 aliphatic heterocycles. The summed E-state index contributed by atoms with van der Waals surface area (Å²) in [7, 11) is 0. The van der Waals surface area contributed by atoms with Gasteiger partial charge in [0.15, 0.2) is 0 Å². The van der Waals surface area contributed by atoms with E-state index in [-0.39, 0.29) is 29.6 Å². The molecule has 0 aromatic heterocycles. The van der Waals surface area contributed by atoms with E-state index in [0.717, 1.165) is 5.56 Å². The first-order chi connectivity index (χ1) is 10.6. The lowest BCUT2D eigenvalue weighted by Crippen LogP contribution is -2.14. The Hall–Kier alpha value is -2.73. The standard InChI is InChI=1S/C16H16N2O4/c19-11-14(8-12-4-2-1-3-5-12)17-10-13-9-15(18(21)22)6-7-16(13)20/h1-7,9-10,14,19-20H,8,11H2/t14-/m0/s1. The molecular formula is C16H16N2O4. The molecule has 0 bridgehead atoms. The minimum absolute atomic E-state index is 0.0919. The average Bonchev–Trinajstić information content (AvgIpc) is 2.53. The SMILES string of the molecule is O=[N+]([O-])c1ccc(O)c(C=N[C@H](CO)Cc2ccccc2)c1. The third kappa shape index (κ3) is 4.13. The number of benzene rings is 2. The fraction of sp³-hybridized carbons (Fsp3) is 0.188. The topological polar surface area (TPSA) is 96.0 Å². The second-order valence-electron chi connectivity index (χ2n) is 4.80. The zero-order valence-corrected chi connectivity index (χ0v) is 11.8. The molecule has 0 amide bonds. The number of aliphatic hydroxyl groups excluding tert-OH is 1. The molecule has 0 aliphatic carbocycles. The van der Waals surface area contributed by atoms with Gasteiger partial charge in [-0.25, -0.2) is 0 Å². The van der Waals surface area contributed by atoms with Crippen LogP contribution >= 0.6 is 0 Å². The van der Waals surface area contributed by atoms with E-state index in [9.17, 15) is 20.3 Å². The summed E-state index contributed by atoms with van der Waals surface area (Å²) in [6, 6.07) is 12.9. The molecule has 2 N–H and O–H groups in total. The van der Waals surface area contributed by atoms with E-state index in [1.165, 1.54) is 24.4 Å². The maximum Gasteiger partial charge on any atom is 0.270 e. The molecule has 0 fully saturated rings. The Morgan fingerprint density at radius 3 is 2.59 bits per heavy atom. The Morgan fingerprint density at radius 1 is 1.23 bits per heavy atom. The summed E-state index contributed by atoms with van der Waals surface area (Å²) >= 11 is 0. The van der Waals surface area contributed by atoms with Crippen molar-refractivity contribution < 1.29 is 15.1 Å². The van der Waals surface area contributed by atoms with Gasteiger partial charge in [-0.05, 0) is 18.1 Å². The van der Waals surface area contributed by atoms with Crippen LogP contribution in [0.15, 0.2) is 53.5 Å². The van der Waals surface area contributed by atoms with E-state index in [0.29, 0.717) is 6.42 Å². The molecule has 114 valence electrons. The number of phenolic OH excluding ortho intramolecular Hbond substituents is 1. The van der Waals surface area contributed by atoms with Crippen LogP contribution in [-0.2, 0) is 6.42 Å². The van der Waals surface area contributed by atoms with Crippen LogP contribution in [0.2, 0.25) is 0 Å². The van der Waals surface area contributed by atoms with E-state index in [1.54, 1.807) is 0 Å². The van der Waals surface area contributed by atoms with Crippen LogP contribution in [-0.4, -0.2) is 34.0 Å². The maximum absolute atomic E-state index is 10.7. The first kappa shape index (κ1) is 15.7. The molecular weight excluding hydrogens is 284 g/mol. The van der Waals surface area contributed by atoms with E-state index in [2.05, 4.69) is 4.99 Å². The Labute approximate surface area is 127 Å². The van der Waals surface area contributed by atoms with Crippen molar-refractivity contribution in [1.29, 1.82) is 0 Å². The number of hydrogen-bond donors (Lipinski definition) is 2. The number of aromatic hydroxyl groups is 1. The molecule has 6 nitrogen and oxygen atoms in total. The molecule has 22 heavy (non-hydrogen) atoms. The number of aliphatic imine (C=N–C) groups is 1. The summed E-state index contributed by atoms with van der Waals surface area (Å²) < 4.78 is 0. The molecule has 0 saturated carbocycles. The lowest BCUT2D eigenvalue weighted by atomic mass is 10.1. The normalized spacial score (nSPS) is 12.4. The van der Waals surface area contributed by atoms with Gasteiger partial charge in [0.05, 0.1) is 17.6 Å². The van der Waals surface area contributed by atoms with Gasteiger partial charge in [0.2, 0.25) is 0 Å². The Bertz CT molecular complexity index is 671. The molecule has 0 saturated heterocycles. The van der Waals surface area contributed by atoms with Gasteiger partial charge in [0.1, 0.15) is 5.75 Å². The molecule has 2 rings (SSSR count). The quantitative estimate of drug-likeness (QED) is 0.486. The fourth-order valence-corrected chi connectivity index (χ4v) is 2.00. The highest BCUT2D eigenvalue weighted by Crippen LogP contribution is 2.21. The maximum atomic E-state index is 10.7. The number of phenols is 1. The highest BCUT2D eigenvalue weighted by Gasteiger charge is 2.10. The number of rotatable bonds is 6. The Morgan fingerprint density at radius 2 is 1.95 bits per heavy atom. The molecule has 0 heterocycles. The number of nitrogens with zero attached hydrogens (tertiary/aromatic N) is 2. The predicted molar refractivity (Wildman–Crippen MR) is 83.4 cm³/mol. The van der Waals surface area contributed by atoms with E-state index >= 15 is 0 Å². The molecule has 0 aliphatic rings. The molecule has 6 heteroatoms. The minimum Gasteiger partial charge on any atom is -0.507 e. The van der Waals surface area contributed by atoms with Crippen molar-refractivity contribution in [2.45, 2.75) is 12.5 Å². The van der Waals surface area contributed by atoms with Crippen molar-refractivity contribution in [2.24, 2.45) is 4.99 Å². The van der Waals surface area contributed by atoms with Gasteiger partial charge in [-0.3, -0.25) is 15.1 Å². The first-order valence-corrected chi connectivity index (χ1v) is 6.75. The van der Waals surface area contributed by atoms with Crippen LogP contribution < -0.4 is 0 Å². The van der Waals surface area contributed by atoms with Crippen molar-refractivity contribution in [3.8, 4) is 5.75 Å². The first-order valence-electron chi connectivity index (χ1n) is 6.75. The molecule has 0 spiro atoms. The molecule has 0 radical (unpaired) electrons. The van der Waals surface area contributed by atoms with Crippen molar-refractivity contribution in [1.82, 2.24) is 0 Å². The van der Waals surface area contributed by atoms with Crippen LogP contribution in [0.25, 0.3) is 0 Å². The number of nitro groups is 1. The molecule has 2 aromatic rings. The number of aliphatic hydroxyl groups is 1. The van der Waals surface area contributed by atoms with Gasteiger partial charge < -0.3 is 10.2 Å². The average molecular weight is 300 g/mol. The van der Waals surface area contributed by atoms with E-state index in [4.69, 9.17) is 0 Å². The second kappa shape index (κ2) is 7.33. The summed E-state index contributed by atoms with van der Waals surface area (Å²) in [5, 5.41) is 29.8. The molecule has 2 aromatic carbocycles. The van der Waals surface area contributed by atoms with Gasteiger partial charge in [0, 0.05) is 23.9 Å². The number of non-ortho nitro benzene ring substituents is 1. The van der Waals surface area contributed by atoms with Gasteiger partial charge in [0.25, 0.3) is 5.69 Å². The Balaban J connectivity index is 2.15. The third-order valence-corrected chi connectivity index (χ3v) is 3.17. The van der Waals surface area contributed by atoms with Crippen molar-refractivity contribution >= 4 is 11.9 Å². The summed E-state index contributed by atoms with van der Waals surface area (Å²) in [6.45, 7) is -0.152. The highest BCUT2D eigenvalue weighted by atomic mass is 16.6. The van der Waals surface area contributed by atoms with Gasteiger partial charge in [-0.1, -0.05) is 30.3 Å². The second-order valence-corrected chi connectivity index (χ2v) is 4.80. The van der Waals surface area contributed by atoms with E-state index in [1.807, 2.05) is 30.3 Å². The zero-order chi connectivity index (χ0) is 15.9. The van der Waals surface area contributed by atoms with Crippen molar-refractivity contribution in [3.63, 3.8) is 0 Å². The number of nitro benzene ring substituents is 1. The van der Waals surface area contributed by atoms with Crippen molar-refractivity contribution in [2.75, 3.05) is 6.61 Å². The lowest BCUT2D eigenvalue weighted by molar-refractivity contribution is -0.384. The van der Waals surface area contributed by atoms with Crippen LogP contribution in [0.5, 0.6) is 5.75 Å². The minimum atomic E-state index is -0.537. The van der Waals surface area contributed by atoms with Crippen LogP contribution in [0.1, 0.15) is 11.1 Å². The smallest absolute Gasteiger partial charge is 0.270 e. The van der Waals surface area contributed by atoms with Gasteiger partial charge in [-0.15, -0.1) is 0 Å².